The molecule has 0 saturated heterocycles. The van der Waals surface area contributed by atoms with Crippen molar-refractivity contribution in [2.75, 3.05) is 11.5 Å². The number of halogens is 2. The number of benzene rings is 2. The third-order valence-corrected chi connectivity index (χ3v) is 4.70. The highest BCUT2D eigenvalue weighted by atomic mass is 35.5. The van der Waals surface area contributed by atoms with E-state index in [-0.39, 0.29) is 12.1 Å². The minimum atomic E-state index is -1.21. The maximum Gasteiger partial charge on any atom is 0.349 e. The quantitative estimate of drug-likeness (QED) is 0.391. The third-order valence-electron chi connectivity index (χ3n) is 3.13. The van der Waals surface area contributed by atoms with Crippen molar-refractivity contribution in [2.45, 2.75) is 6.42 Å². The van der Waals surface area contributed by atoms with Gasteiger partial charge in [-0.1, -0.05) is 52.7 Å². The van der Waals surface area contributed by atoms with Gasteiger partial charge < -0.3 is 16.6 Å². The maximum absolute atomic E-state index is 10.3. The number of anilines is 2. The van der Waals surface area contributed by atoms with Gasteiger partial charge in [0, 0.05) is 12.1 Å². The van der Waals surface area contributed by atoms with Crippen LogP contribution in [-0.2, 0) is 11.2 Å². The molecule has 3 rings (SSSR count). The van der Waals surface area contributed by atoms with Gasteiger partial charge in [0.25, 0.3) is 0 Å². The van der Waals surface area contributed by atoms with Crippen molar-refractivity contribution in [3.8, 4) is 0 Å². The maximum atomic E-state index is 10.3. The highest BCUT2D eigenvalue weighted by molar-refractivity contribution is 7.22. The highest BCUT2D eigenvalue weighted by Gasteiger charge is 2.08. The molecule has 1 heterocycles. The van der Waals surface area contributed by atoms with E-state index in [1.807, 2.05) is 0 Å². The standard InChI is InChI=1S/C9H10N2O2.C7H4Cl2N2S/c10-7-4-2-1-3-6(7)5-8(11)9(12)13;8-3-1-5-6(2-4(3)9)12-7(10)11-5/h1-4,11H,5,10H2,(H,12,13);1-2H,(H2,10,11). The molecular weight excluding hydrogens is 383 g/mol. The number of carbonyl (C=O) groups is 1. The van der Waals surface area contributed by atoms with Crippen molar-refractivity contribution < 1.29 is 9.90 Å². The van der Waals surface area contributed by atoms with Crippen LogP contribution in [0.1, 0.15) is 5.56 Å². The second kappa shape index (κ2) is 8.15. The van der Waals surface area contributed by atoms with Crippen molar-refractivity contribution in [2.24, 2.45) is 0 Å². The van der Waals surface area contributed by atoms with Gasteiger partial charge in [0.15, 0.2) is 5.13 Å². The molecule has 0 unspecified atom stereocenters. The molecule has 2 aromatic carbocycles. The summed E-state index contributed by atoms with van der Waals surface area (Å²) in [5.74, 6) is -1.21. The van der Waals surface area contributed by atoms with Crippen LogP contribution in [-0.4, -0.2) is 21.8 Å². The lowest BCUT2D eigenvalue weighted by atomic mass is 10.1. The van der Waals surface area contributed by atoms with E-state index < -0.39 is 5.97 Å². The minimum Gasteiger partial charge on any atom is -0.477 e. The number of nitrogens with zero attached hydrogens (tertiary/aromatic N) is 1. The molecule has 25 heavy (non-hydrogen) atoms. The average Bonchev–Trinajstić information content (AvgIpc) is 2.89. The molecule has 0 aliphatic rings. The first-order valence-corrected chi connectivity index (χ1v) is 8.50. The first-order chi connectivity index (χ1) is 11.8. The second-order valence-corrected chi connectivity index (χ2v) is 6.82. The van der Waals surface area contributed by atoms with E-state index in [9.17, 15) is 4.79 Å². The van der Waals surface area contributed by atoms with Crippen molar-refractivity contribution in [1.29, 1.82) is 5.41 Å². The number of hydrogen-bond donors (Lipinski definition) is 4. The summed E-state index contributed by atoms with van der Waals surface area (Å²) in [4.78, 5) is 14.4. The highest BCUT2D eigenvalue weighted by Crippen LogP contribution is 2.31. The number of para-hydroxylation sites is 1. The molecule has 0 aliphatic heterocycles. The molecule has 0 spiro atoms. The summed E-state index contributed by atoms with van der Waals surface area (Å²) in [7, 11) is 0. The van der Waals surface area contributed by atoms with Gasteiger partial charge in [-0.3, -0.25) is 5.41 Å². The lowest BCUT2D eigenvalue weighted by molar-refractivity contribution is -0.129. The summed E-state index contributed by atoms with van der Waals surface area (Å²) >= 11 is 13.0. The summed E-state index contributed by atoms with van der Waals surface area (Å²) in [6, 6.07) is 10.4. The molecule has 9 heteroatoms. The van der Waals surface area contributed by atoms with Gasteiger partial charge in [0.2, 0.25) is 0 Å². The van der Waals surface area contributed by atoms with Crippen LogP contribution in [0.2, 0.25) is 10.0 Å². The Morgan fingerprint density at radius 1 is 1.20 bits per heavy atom. The Balaban J connectivity index is 0.000000181. The number of fused-ring (bicyclic) bond motifs is 1. The van der Waals surface area contributed by atoms with Crippen molar-refractivity contribution in [1.82, 2.24) is 4.98 Å². The fraction of sp³-hybridized carbons (Fsp3) is 0.0625. The summed E-state index contributed by atoms with van der Waals surface area (Å²) < 4.78 is 0.960. The number of nitrogen functional groups attached to an aromatic ring is 2. The fourth-order valence-electron chi connectivity index (χ4n) is 1.90. The first kappa shape index (κ1) is 19.0. The van der Waals surface area contributed by atoms with E-state index in [1.165, 1.54) is 11.3 Å². The summed E-state index contributed by atoms with van der Waals surface area (Å²) in [5, 5.41) is 17.2. The number of carboxylic acid groups (broad SMARTS) is 1. The third kappa shape index (κ3) is 5.06. The lowest BCUT2D eigenvalue weighted by Crippen LogP contribution is -2.14. The molecule has 0 saturated carbocycles. The van der Waals surface area contributed by atoms with Crippen molar-refractivity contribution in [3.05, 3.63) is 52.0 Å². The fourth-order valence-corrected chi connectivity index (χ4v) is 3.04. The number of carboxylic acids is 1. The van der Waals surface area contributed by atoms with Gasteiger partial charge in [0.05, 0.1) is 20.3 Å². The largest absolute Gasteiger partial charge is 0.477 e. The molecular formula is C16H14Cl2N4O2S. The van der Waals surface area contributed by atoms with Crippen molar-refractivity contribution in [3.63, 3.8) is 0 Å². The zero-order valence-corrected chi connectivity index (χ0v) is 15.1. The molecule has 1 aromatic heterocycles. The Bertz CT molecular complexity index is 904. The van der Waals surface area contributed by atoms with E-state index in [4.69, 9.17) is 45.2 Å². The van der Waals surface area contributed by atoms with Crippen LogP contribution in [0.15, 0.2) is 36.4 Å². The van der Waals surface area contributed by atoms with Gasteiger partial charge in [-0.25, -0.2) is 9.78 Å². The first-order valence-electron chi connectivity index (χ1n) is 6.93. The molecule has 0 aliphatic carbocycles. The van der Waals surface area contributed by atoms with Gasteiger partial charge >= 0.3 is 5.97 Å². The Labute approximate surface area is 157 Å². The Morgan fingerprint density at radius 3 is 2.48 bits per heavy atom. The normalized spacial score (nSPS) is 10.2. The predicted octanol–water partition coefficient (Wildman–Crippen LogP) is 4.10. The van der Waals surface area contributed by atoms with Crippen LogP contribution in [0, 0.1) is 5.41 Å². The molecule has 6 N–H and O–H groups in total. The lowest BCUT2D eigenvalue weighted by Gasteiger charge is -2.02. The molecule has 0 fully saturated rings. The second-order valence-electron chi connectivity index (χ2n) is 4.95. The number of thiazole rings is 1. The molecule has 0 bridgehead atoms. The molecule has 130 valence electrons. The van der Waals surface area contributed by atoms with E-state index in [0.717, 1.165) is 10.2 Å². The van der Waals surface area contributed by atoms with Gasteiger partial charge in [-0.05, 0) is 23.8 Å². The number of nitrogens with two attached hydrogens (primary N) is 2. The summed E-state index contributed by atoms with van der Waals surface area (Å²) in [6.45, 7) is 0. The van der Waals surface area contributed by atoms with E-state index in [2.05, 4.69) is 4.98 Å². The summed E-state index contributed by atoms with van der Waals surface area (Å²) in [6.07, 6.45) is 0.0714. The minimum absolute atomic E-state index is 0.0714. The zero-order chi connectivity index (χ0) is 18.6. The number of aliphatic carboxylic acids is 1. The SMILES string of the molecule is N=C(Cc1ccccc1N)C(=O)O.Nc1nc2cc(Cl)c(Cl)cc2s1. The topological polar surface area (TPSA) is 126 Å². The van der Waals surface area contributed by atoms with Crippen LogP contribution >= 0.6 is 34.5 Å². The zero-order valence-electron chi connectivity index (χ0n) is 12.8. The summed E-state index contributed by atoms with van der Waals surface area (Å²) in [5.41, 5.74) is 12.7. The van der Waals surface area contributed by atoms with E-state index in [0.29, 0.717) is 26.4 Å². The van der Waals surface area contributed by atoms with Crippen LogP contribution in [0.4, 0.5) is 10.8 Å². The molecule has 3 aromatic rings. The number of hydrogen-bond acceptors (Lipinski definition) is 6. The smallest absolute Gasteiger partial charge is 0.349 e. The number of aromatic nitrogens is 1. The van der Waals surface area contributed by atoms with E-state index >= 15 is 0 Å². The van der Waals surface area contributed by atoms with Crippen LogP contribution in [0.3, 0.4) is 0 Å². The van der Waals surface area contributed by atoms with Crippen LogP contribution in [0.25, 0.3) is 10.2 Å². The molecule has 0 radical (unpaired) electrons. The van der Waals surface area contributed by atoms with Gasteiger partial charge in [-0.2, -0.15) is 0 Å². The van der Waals surface area contributed by atoms with Crippen molar-refractivity contribution >= 4 is 67.3 Å². The monoisotopic (exact) mass is 396 g/mol. The molecule has 6 nitrogen and oxygen atoms in total. The van der Waals surface area contributed by atoms with Crippen LogP contribution < -0.4 is 11.5 Å². The molecule has 0 atom stereocenters. The predicted molar refractivity (Wildman–Crippen MR) is 104 cm³/mol. The Hall–Kier alpha value is -2.35. The number of rotatable bonds is 3. The Kier molecular flexibility index (Phi) is 6.19. The average molecular weight is 397 g/mol. The number of nitrogens with one attached hydrogen (secondary N) is 1. The van der Waals surface area contributed by atoms with Gasteiger partial charge in [0.1, 0.15) is 5.71 Å². The Morgan fingerprint density at radius 2 is 1.84 bits per heavy atom. The van der Waals surface area contributed by atoms with E-state index in [1.54, 1.807) is 36.4 Å². The van der Waals surface area contributed by atoms with Gasteiger partial charge in [-0.15, -0.1) is 0 Å². The molecule has 0 amide bonds. The van der Waals surface area contributed by atoms with Crippen LogP contribution in [0.5, 0.6) is 0 Å².